The van der Waals surface area contributed by atoms with Crippen molar-refractivity contribution in [2.75, 3.05) is 14.1 Å². The normalized spacial score (nSPS) is 20.6. The number of hydrogen-bond acceptors (Lipinski definition) is 5. The third-order valence-electron chi connectivity index (χ3n) is 4.99. The Kier molecular flexibility index (Phi) is 8.49. The summed E-state index contributed by atoms with van der Waals surface area (Å²) in [6.45, 7) is 5.24. The largest absolute Gasteiger partial charge is 0.444 e. The molecule has 0 unspecified atom stereocenters. The lowest BCUT2D eigenvalue weighted by Crippen LogP contribution is -2.58. The maximum absolute atomic E-state index is 12.5. The Labute approximate surface area is 193 Å². The van der Waals surface area contributed by atoms with Gasteiger partial charge in [0.2, 0.25) is 5.91 Å². The van der Waals surface area contributed by atoms with Crippen LogP contribution in [-0.2, 0) is 9.53 Å². The van der Waals surface area contributed by atoms with Crippen molar-refractivity contribution in [1.82, 2.24) is 20.9 Å². The number of hydrogen-bond donors (Lipinski definition) is 3. The number of alkyl carbamates (subject to hydrolysis) is 1. The maximum Gasteiger partial charge on any atom is 0.407 e. The van der Waals surface area contributed by atoms with Crippen LogP contribution in [-0.4, -0.2) is 60.6 Å². The molecular weight excluding hydrogens is 436 g/mol. The highest BCUT2D eigenvalue weighted by Crippen LogP contribution is 2.26. The van der Waals surface area contributed by atoms with Crippen LogP contribution in [0.5, 0.6) is 0 Å². The highest BCUT2D eigenvalue weighted by atomic mass is 35.5. The number of benzene rings is 1. The number of urea groups is 1. The van der Waals surface area contributed by atoms with Gasteiger partial charge in [-0.15, -0.1) is 0 Å². The molecule has 0 aliphatic heterocycles. The molecule has 0 spiro atoms. The molecule has 32 heavy (non-hydrogen) atoms. The van der Waals surface area contributed by atoms with Crippen LogP contribution in [0.1, 0.15) is 50.4 Å². The Balaban J connectivity index is 2.05. The van der Waals surface area contributed by atoms with Crippen LogP contribution in [0, 0.1) is 5.92 Å². The molecule has 3 atom stereocenters. The minimum absolute atomic E-state index is 0.0400. The van der Waals surface area contributed by atoms with Crippen molar-refractivity contribution in [1.29, 1.82) is 0 Å². The highest BCUT2D eigenvalue weighted by Gasteiger charge is 2.37. The third kappa shape index (κ3) is 7.71. The predicted octanol–water partition coefficient (Wildman–Crippen LogP) is 2.93. The Morgan fingerprint density at radius 2 is 1.62 bits per heavy atom. The number of nitrogens with one attached hydrogen (secondary N) is 3. The molecule has 1 saturated carbocycles. The molecular formula is C22H31ClN4O5. The number of nitrogens with zero attached hydrogens (tertiary/aromatic N) is 1. The smallest absolute Gasteiger partial charge is 0.407 e. The van der Waals surface area contributed by atoms with Crippen molar-refractivity contribution in [3.63, 3.8) is 0 Å². The maximum atomic E-state index is 12.5. The van der Waals surface area contributed by atoms with Gasteiger partial charge < -0.3 is 20.3 Å². The molecule has 1 aliphatic rings. The van der Waals surface area contributed by atoms with Crippen LogP contribution < -0.4 is 16.0 Å². The van der Waals surface area contributed by atoms with Gasteiger partial charge in [-0.3, -0.25) is 14.9 Å². The molecule has 2 rings (SSSR count). The molecule has 1 aromatic rings. The van der Waals surface area contributed by atoms with E-state index in [-0.39, 0.29) is 17.4 Å². The first-order valence-corrected chi connectivity index (χ1v) is 10.8. The third-order valence-corrected chi connectivity index (χ3v) is 5.24. The molecule has 176 valence electrons. The summed E-state index contributed by atoms with van der Waals surface area (Å²) in [6.07, 6.45) is 0.698. The molecule has 9 nitrogen and oxygen atoms in total. The fraction of sp³-hybridized carbons (Fsp3) is 0.545. The van der Waals surface area contributed by atoms with E-state index in [1.54, 1.807) is 47.0 Å². The van der Waals surface area contributed by atoms with Crippen molar-refractivity contribution in [3.8, 4) is 0 Å². The van der Waals surface area contributed by atoms with Gasteiger partial charge in [-0.05, 0) is 64.3 Å². The van der Waals surface area contributed by atoms with Crippen molar-refractivity contribution in [3.05, 3.63) is 34.9 Å². The summed E-state index contributed by atoms with van der Waals surface area (Å²) in [6, 6.07) is 4.42. The summed E-state index contributed by atoms with van der Waals surface area (Å²) < 4.78 is 5.33. The van der Waals surface area contributed by atoms with Crippen molar-refractivity contribution >= 4 is 35.5 Å². The van der Waals surface area contributed by atoms with Crippen LogP contribution in [0.25, 0.3) is 0 Å². The predicted molar refractivity (Wildman–Crippen MR) is 120 cm³/mol. The first kappa shape index (κ1) is 25.5. The van der Waals surface area contributed by atoms with E-state index in [9.17, 15) is 19.2 Å². The SMILES string of the molecule is CN(C)C(=O)[C@H]1CC[C@H](NC(=O)NC(=O)c2ccc(Cl)cc2)[C@H](NC(=O)OC(C)(C)C)C1. The monoisotopic (exact) mass is 466 g/mol. The zero-order valence-electron chi connectivity index (χ0n) is 19.0. The molecule has 0 heterocycles. The van der Waals surface area contributed by atoms with Gasteiger partial charge in [0.15, 0.2) is 0 Å². The Bertz CT molecular complexity index is 851. The minimum Gasteiger partial charge on any atom is -0.444 e. The summed E-state index contributed by atoms with van der Waals surface area (Å²) in [5.41, 5.74) is -0.406. The van der Waals surface area contributed by atoms with Crippen LogP contribution in [0.15, 0.2) is 24.3 Å². The van der Waals surface area contributed by atoms with Gasteiger partial charge in [-0.2, -0.15) is 0 Å². The van der Waals surface area contributed by atoms with Gasteiger partial charge in [-0.1, -0.05) is 11.6 Å². The first-order chi connectivity index (χ1) is 14.9. The van der Waals surface area contributed by atoms with E-state index in [1.165, 1.54) is 17.0 Å². The van der Waals surface area contributed by atoms with Crippen LogP contribution in [0.3, 0.4) is 0 Å². The lowest BCUT2D eigenvalue weighted by molar-refractivity contribution is -0.134. The van der Waals surface area contributed by atoms with E-state index >= 15 is 0 Å². The van der Waals surface area contributed by atoms with Crippen molar-refractivity contribution in [2.24, 2.45) is 5.92 Å². The van der Waals surface area contributed by atoms with E-state index in [0.29, 0.717) is 24.3 Å². The molecule has 0 aromatic heterocycles. The van der Waals surface area contributed by atoms with Crippen LogP contribution in [0.4, 0.5) is 9.59 Å². The molecule has 0 radical (unpaired) electrons. The van der Waals surface area contributed by atoms with Crippen LogP contribution >= 0.6 is 11.6 Å². The number of carbonyl (C=O) groups is 4. The number of rotatable bonds is 4. The molecule has 0 saturated heterocycles. The van der Waals surface area contributed by atoms with Crippen molar-refractivity contribution in [2.45, 2.75) is 57.7 Å². The topological polar surface area (TPSA) is 117 Å². The molecule has 10 heteroatoms. The fourth-order valence-corrected chi connectivity index (χ4v) is 3.66. The van der Waals surface area contributed by atoms with Crippen molar-refractivity contribution < 1.29 is 23.9 Å². The highest BCUT2D eigenvalue weighted by molar-refractivity contribution is 6.30. The van der Waals surface area contributed by atoms with E-state index in [4.69, 9.17) is 16.3 Å². The Morgan fingerprint density at radius 3 is 2.19 bits per heavy atom. The fourth-order valence-electron chi connectivity index (χ4n) is 3.53. The molecule has 5 amide bonds. The number of ether oxygens (including phenoxy) is 1. The van der Waals surface area contributed by atoms with E-state index < -0.39 is 35.7 Å². The van der Waals surface area contributed by atoms with Gasteiger partial charge in [0.1, 0.15) is 5.60 Å². The zero-order valence-corrected chi connectivity index (χ0v) is 19.8. The average molecular weight is 467 g/mol. The second kappa shape index (κ2) is 10.7. The molecule has 1 fully saturated rings. The minimum atomic E-state index is -0.692. The number of amides is 5. The summed E-state index contributed by atoms with van der Waals surface area (Å²) in [7, 11) is 3.36. The van der Waals surface area contributed by atoms with Gasteiger partial charge in [-0.25, -0.2) is 9.59 Å². The Hall–Kier alpha value is -2.81. The number of imide groups is 1. The second-order valence-corrected chi connectivity index (χ2v) is 9.47. The van der Waals surface area contributed by atoms with E-state index in [2.05, 4.69) is 16.0 Å². The lowest BCUT2D eigenvalue weighted by Gasteiger charge is -2.37. The van der Waals surface area contributed by atoms with E-state index in [1.807, 2.05) is 0 Å². The van der Waals surface area contributed by atoms with Gasteiger partial charge in [0.05, 0.1) is 12.1 Å². The quantitative estimate of drug-likeness (QED) is 0.630. The molecule has 1 aliphatic carbocycles. The summed E-state index contributed by atoms with van der Waals surface area (Å²) in [4.78, 5) is 51.0. The van der Waals surface area contributed by atoms with Crippen LogP contribution in [0.2, 0.25) is 5.02 Å². The average Bonchev–Trinajstić information content (AvgIpc) is 2.67. The second-order valence-electron chi connectivity index (χ2n) is 9.04. The zero-order chi connectivity index (χ0) is 24.1. The number of carbonyl (C=O) groups excluding carboxylic acids is 4. The first-order valence-electron chi connectivity index (χ1n) is 10.4. The molecule has 1 aromatic carbocycles. The Morgan fingerprint density at radius 1 is 1.00 bits per heavy atom. The standard InChI is InChI=1S/C22H31ClN4O5/c1-22(2,3)32-21(31)25-17-12-14(19(29)27(4)5)8-11-16(17)24-20(30)26-18(28)13-6-9-15(23)10-7-13/h6-7,9-10,14,16-17H,8,11-12H2,1-5H3,(H,25,31)(H2,24,26,28,30)/t14-,16-,17+/m0/s1. The van der Waals surface area contributed by atoms with Gasteiger partial charge in [0.25, 0.3) is 5.91 Å². The summed E-state index contributed by atoms with van der Waals surface area (Å²) in [5.74, 6) is -0.907. The lowest BCUT2D eigenvalue weighted by atomic mass is 9.81. The van der Waals surface area contributed by atoms with Gasteiger partial charge in [0, 0.05) is 30.6 Å². The van der Waals surface area contributed by atoms with E-state index in [0.717, 1.165) is 0 Å². The summed E-state index contributed by atoms with van der Waals surface area (Å²) >= 11 is 5.82. The molecule has 0 bridgehead atoms. The van der Waals surface area contributed by atoms with Gasteiger partial charge >= 0.3 is 12.1 Å². The summed E-state index contributed by atoms with van der Waals surface area (Å²) in [5, 5.41) is 8.27. The number of halogens is 1. The molecule has 3 N–H and O–H groups in total.